The first-order valence-electron chi connectivity index (χ1n) is 5.10. The second kappa shape index (κ2) is 2.28. The molecule has 1 N–H and O–H groups in total. The molecule has 0 spiro atoms. The van der Waals surface area contributed by atoms with Crippen LogP contribution in [-0.4, -0.2) is 11.1 Å². The summed E-state index contributed by atoms with van der Waals surface area (Å²) >= 11 is 0. The van der Waals surface area contributed by atoms with Crippen molar-refractivity contribution >= 4 is 5.97 Å². The number of hydrogen-bond acceptors (Lipinski definition) is 1. The Kier molecular flexibility index (Phi) is 1.59. The van der Waals surface area contributed by atoms with Crippen molar-refractivity contribution in [2.45, 2.75) is 40.0 Å². The molecule has 2 aliphatic carbocycles. The van der Waals surface area contributed by atoms with Crippen LogP contribution in [0.5, 0.6) is 0 Å². The van der Waals surface area contributed by atoms with Gasteiger partial charge in [0.1, 0.15) is 0 Å². The predicted octanol–water partition coefficient (Wildman–Crippen LogP) is 2.53. The van der Waals surface area contributed by atoms with Crippen LogP contribution in [0, 0.1) is 22.7 Å². The van der Waals surface area contributed by atoms with Gasteiger partial charge in [-0.25, -0.2) is 0 Å². The van der Waals surface area contributed by atoms with Crippen molar-refractivity contribution < 1.29 is 9.90 Å². The number of carbonyl (C=O) groups is 1. The zero-order chi connectivity index (χ0) is 9.85. The molecule has 0 aromatic rings. The zero-order valence-electron chi connectivity index (χ0n) is 8.63. The fourth-order valence-electron chi connectivity index (χ4n) is 3.33. The number of carboxylic acid groups (broad SMARTS) is 1. The molecule has 74 valence electrons. The van der Waals surface area contributed by atoms with Gasteiger partial charge in [0, 0.05) is 0 Å². The summed E-state index contributed by atoms with van der Waals surface area (Å²) in [6.07, 6.45) is 3.12. The van der Waals surface area contributed by atoms with Crippen molar-refractivity contribution in [3.8, 4) is 0 Å². The third-order valence-corrected chi connectivity index (χ3v) is 4.51. The van der Waals surface area contributed by atoms with Gasteiger partial charge in [-0.1, -0.05) is 13.8 Å². The maximum absolute atomic E-state index is 11.1. The number of hydrogen-bond donors (Lipinski definition) is 1. The van der Waals surface area contributed by atoms with E-state index in [1.807, 2.05) is 6.92 Å². The lowest BCUT2D eigenvalue weighted by Crippen LogP contribution is -2.37. The van der Waals surface area contributed by atoms with E-state index in [0.29, 0.717) is 17.3 Å². The largest absolute Gasteiger partial charge is 0.481 e. The van der Waals surface area contributed by atoms with E-state index in [-0.39, 0.29) is 0 Å². The smallest absolute Gasteiger partial charge is 0.309 e. The lowest BCUT2D eigenvalue weighted by atomic mass is 9.66. The molecule has 0 aliphatic heterocycles. The molecule has 3 atom stereocenters. The molecular weight excluding hydrogens is 164 g/mol. The molecule has 0 saturated heterocycles. The molecule has 2 fully saturated rings. The Morgan fingerprint density at radius 3 is 2.15 bits per heavy atom. The molecule has 2 bridgehead atoms. The zero-order valence-corrected chi connectivity index (χ0v) is 8.63. The Hall–Kier alpha value is -0.530. The molecule has 0 aromatic heterocycles. The lowest BCUT2D eigenvalue weighted by molar-refractivity contribution is -0.152. The monoisotopic (exact) mass is 182 g/mol. The van der Waals surface area contributed by atoms with E-state index in [1.165, 1.54) is 0 Å². The topological polar surface area (TPSA) is 37.3 Å². The van der Waals surface area contributed by atoms with Crippen LogP contribution in [0.4, 0.5) is 0 Å². The van der Waals surface area contributed by atoms with Crippen molar-refractivity contribution in [2.24, 2.45) is 22.7 Å². The minimum atomic E-state index is -0.587. The molecule has 0 heterocycles. The predicted molar refractivity (Wildman–Crippen MR) is 50.4 cm³/mol. The second-order valence-corrected chi connectivity index (χ2v) is 5.75. The van der Waals surface area contributed by atoms with E-state index in [1.54, 1.807) is 0 Å². The van der Waals surface area contributed by atoms with Gasteiger partial charge in [0.05, 0.1) is 5.41 Å². The first-order valence-corrected chi connectivity index (χ1v) is 5.10. The SMILES string of the molecule is CC1(C)CC2CC1C[C@]2(C)C(=O)O. The van der Waals surface area contributed by atoms with Crippen LogP contribution in [0.3, 0.4) is 0 Å². The molecular formula is C11H18O2. The summed E-state index contributed by atoms with van der Waals surface area (Å²) in [5.74, 6) is 0.471. The second-order valence-electron chi connectivity index (χ2n) is 5.75. The average molecular weight is 182 g/mol. The van der Waals surface area contributed by atoms with E-state index in [2.05, 4.69) is 13.8 Å². The highest BCUT2D eigenvalue weighted by Gasteiger charge is 2.58. The summed E-state index contributed by atoms with van der Waals surface area (Å²) in [5.41, 5.74) is -0.0280. The Morgan fingerprint density at radius 2 is 1.85 bits per heavy atom. The standard InChI is InChI=1S/C11H18O2/c1-10(2)5-8-4-7(10)6-11(8,3)9(12)13/h7-8H,4-6H2,1-3H3,(H,12,13)/t7?,8?,11-/m0/s1. The molecule has 13 heavy (non-hydrogen) atoms. The number of carboxylic acids is 1. The van der Waals surface area contributed by atoms with Crippen molar-refractivity contribution in [3.63, 3.8) is 0 Å². The fourth-order valence-corrected chi connectivity index (χ4v) is 3.33. The summed E-state index contributed by atoms with van der Waals surface area (Å²) < 4.78 is 0. The van der Waals surface area contributed by atoms with Crippen molar-refractivity contribution in [1.29, 1.82) is 0 Å². The van der Waals surface area contributed by atoms with Gasteiger partial charge in [-0.05, 0) is 43.4 Å². The van der Waals surface area contributed by atoms with Gasteiger partial charge in [0.2, 0.25) is 0 Å². The molecule has 0 amide bonds. The molecule has 2 heteroatoms. The summed E-state index contributed by atoms with van der Waals surface area (Å²) in [6.45, 7) is 6.48. The summed E-state index contributed by atoms with van der Waals surface area (Å²) in [7, 11) is 0. The van der Waals surface area contributed by atoms with Crippen molar-refractivity contribution in [1.82, 2.24) is 0 Å². The maximum atomic E-state index is 11.1. The molecule has 2 nitrogen and oxygen atoms in total. The third-order valence-electron chi connectivity index (χ3n) is 4.51. The Morgan fingerprint density at radius 1 is 1.23 bits per heavy atom. The molecule has 0 radical (unpaired) electrons. The van der Waals surface area contributed by atoms with Crippen molar-refractivity contribution in [2.75, 3.05) is 0 Å². The van der Waals surface area contributed by atoms with E-state index < -0.39 is 11.4 Å². The first-order chi connectivity index (χ1) is 5.86. The molecule has 2 aliphatic rings. The van der Waals surface area contributed by atoms with Gasteiger partial charge in [0.15, 0.2) is 0 Å². The van der Waals surface area contributed by atoms with E-state index >= 15 is 0 Å². The van der Waals surface area contributed by atoms with Gasteiger partial charge in [-0.15, -0.1) is 0 Å². The van der Waals surface area contributed by atoms with Crippen LogP contribution in [0.25, 0.3) is 0 Å². The first kappa shape index (κ1) is 9.04. The highest BCUT2D eigenvalue weighted by atomic mass is 16.4. The Balaban J connectivity index is 2.24. The normalized spacial score (nSPS) is 46.7. The minimum Gasteiger partial charge on any atom is -0.481 e. The summed E-state index contributed by atoms with van der Waals surface area (Å²) in [5, 5.41) is 9.16. The molecule has 2 saturated carbocycles. The van der Waals surface area contributed by atoms with Crippen LogP contribution >= 0.6 is 0 Å². The minimum absolute atomic E-state index is 0.389. The van der Waals surface area contributed by atoms with Gasteiger partial charge < -0.3 is 5.11 Å². The van der Waals surface area contributed by atoms with Crippen LogP contribution in [0.2, 0.25) is 0 Å². The van der Waals surface area contributed by atoms with Crippen LogP contribution in [-0.2, 0) is 4.79 Å². The molecule has 2 unspecified atom stereocenters. The van der Waals surface area contributed by atoms with E-state index in [9.17, 15) is 4.79 Å². The molecule has 2 rings (SSSR count). The van der Waals surface area contributed by atoms with Crippen LogP contribution < -0.4 is 0 Å². The highest BCUT2D eigenvalue weighted by Crippen LogP contribution is 2.63. The van der Waals surface area contributed by atoms with Gasteiger partial charge >= 0.3 is 5.97 Å². The summed E-state index contributed by atoms with van der Waals surface area (Å²) in [4.78, 5) is 11.1. The van der Waals surface area contributed by atoms with Crippen LogP contribution in [0.15, 0.2) is 0 Å². The van der Waals surface area contributed by atoms with Crippen molar-refractivity contribution in [3.05, 3.63) is 0 Å². The average Bonchev–Trinajstić information content (AvgIpc) is 2.41. The Bertz CT molecular complexity index is 257. The highest BCUT2D eigenvalue weighted by molar-refractivity contribution is 5.75. The molecule has 0 aromatic carbocycles. The lowest BCUT2D eigenvalue weighted by Gasteiger charge is -2.38. The fraction of sp³-hybridized carbons (Fsp3) is 0.909. The number of rotatable bonds is 1. The number of aliphatic carboxylic acids is 1. The maximum Gasteiger partial charge on any atom is 0.309 e. The number of fused-ring (bicyclic) bond motifs is 2. The van der Waals surface area contributed by atoms with E-state index in [0.717, 1.165) is 19.3 Å². The third kappa shape index (κ3) is 1.04. The quantitative estimate of drug-likeness (QED) is 0.676. The Labute approximate surface area is 79.3 Å². The van der Waals surface area contributed by atoms with Gasteiger partial charge in [-0.3, -0.25) is 4.79 Å². The van der Waals surface area contributed by atoms with Crippen LogP contribution in [0.1, 0.15) is 40.0 Å². The van der Waals surface area contributed by atoms with E-state index in [4.69, 9.17) is 5.11 Å². The summed E-state index contributed by atoms with van der Waals surface area (Å²) in [6, 6.07) is 0. The van der Waals surface area contributed by atoms with Gasteiger partial charge in [0.25, 0.3) is 0 Å². The van der Waals surface area contributed by atoms with Gasteiger partial charge in [-0.2, -0.15) is 0 Å².